The smallest absolute Gasteiger partial charge is 0.242 e. The molecule has 0 aromatic heterocycles. The highest BCUT2D eigenvalue weighted by atomic mass is 31.2. The van der Waals surface area contributed by atoms with Crippen molar-refractivity contribution in [1.29, 1.82) is 0 Å². The Morgan fingerprint density at radius 3 is 2.17 bits per heavy atom. The van der Waals surface area contributed by atoms with Crippen LogP contribution in [0, 0.1) is 0 Å². The second-order valence-electron chi connectivity index (χ2n) is 1.55. The molecule has 74 valence electrons. The normalized spacial score (nSPS) is 14.9. The highest BCUT2D eigenvalue weighted by Crippen LogP contribution is 2.45. The average molecular weight is 232 g/mol. The molecule has 2 nitrogen and oxygen atoms in total. The lowest BCUT2D eigenvalue weighted by Gasteiger charge is -2.07. The Morgan fingerprint density at radius 1 is 1.33 bits per heavy atom. The zero-order chi connectivity index (χ0) is 9.78. The van der Waals surface area contributed by atoms with Gasteiger partial charge in [0.05, 0.1) is 6.54 Å². The van der Waals surface area contributed by atoms with Crippen molar-refractivity contribution in [1.82, 2.24) is 5.09 Å². The van der Waals surface area contributed by atoms with Crippen LogP contribution in [0.5, 0.6) is 0 Å². The lowest BCUT2D eigenvalue weighted by Crippen LogP contribution is -2.23. The fourth-order valence-electron chi connectivity index (χ4n) is 0.257. The largest absolute Gasteiger partial charge is 0.401 e. The maximum Gasteiger partial charge on any atom is 0.401 e. The maximum absolute atomic E-state index is 12.0. The van der Waals surface area contributed by atoms with E-state index in [0.717, 1.165) is 0 Å². The first-order chi connectivity index (χ1) is 5.31. The van der Waals surface area contributed by atoms with Gasteiger partial charge in [-0.2, -0.15) is 30.3 Å². The standard InChI is InChI=1S/C2H4F6N2P2/c3-2(4,5)1-9-12(8)10-11(6)7/h9,11H,1H2. The molecule has 0 radical (unpaired) electrons. The number of hydrogen-bond acceptors (Lipinski definition) is 2. The summed E-state index contributed by atoms with van der Waals surface area (Å²) in [5, 5.41) is 1.21. The van der Waals surface area contributed by atoms with Crippen LogP contribution in [0.3, 0.4) is 0 Å². The third kappa shape index (κ3) is 8.30. The van der Waals surface area contributed by atoms with Gasteiger partial charge in [-0.05, 0) is 0 Å². The van der Waals surface area contributed by atoms with Crippen molar-refractivity contribution >= 4 is 16.9 Å². The lowest BCUT2D eigenvalue weighted by molar-refractivity contribution is -0.121. The number of alkyl halides is 3. The first-order valence-electron chi connectivity index (χ1n) is 2.47. The molecule has 0 aromatic rings. The highest BCUT2D eigenvalue weighted by Gasteiger charge is 2.28. The lowest BCUT2D eigenvalue weighted by atomic mass is 10.7. The first-order valence-corrected chi connectivity index (χ1v) is 4.86. The third-order valence-corrected chi connectivity index (χ3v) is 2.30. The van der Waals surface area contributed by atoms with Crippen LogP contribution in [0.1, 0.15) is 0 Å². The van der Waals surface area contributed by atoms with Gasteiger partial charge in [0.25, 0.3) is 16.9 Å². The van der Waals surface area contributed by atoms with E-state index < -0.39 is 29.6 Å². The van der Waals surface area contributed by atoms with Gasteiger partial charge < -0.3 is 0 Å². The molecule has 1 N–H and O–H groups in total. The van der Waals surface area contributed by atoms with Crippen LogP contribution in [0.15, 0.2) is 4.52 Å². The molecular weight excluding hydrogens is 228 g/mol. The van der Waals surface area contributed by atoms with Crippen LogP contribution < -0.4 is 5.09 Å². The quantitative estimate of drug-likeness (QED) is 0.584. The number of halogens is 6. The van der Waals surface area contributed by atoms with E-state index in [-0.39, 0.29) is 0 Å². The topological polar surface area (TPSA) is 24.4 Å². The van der Waals surface area contributed by atoms with Gasteiger partial charge in [0.1, 0.15) is 0 Å². The van der Waals surface area contributed by atoms with E-state index in [0.29, 0.717) is 0 Å². The highest BCUT2D eigenvalue weighted by molar-refractivity contribution is 7.55. The minimum absolute atomic E-state index is 1.21. The molecule has 0 saturated carbocycles. The summed E-state index contributed by atoms with van der Waals surface area (Å²) in [5.74, 6) is 0. The summed E-state index contributed by atoms with van der Waals surface area (Å²) in [6.07, 6.45) is -4.61. The molecule has 1 atom stereocenters. The summed E-state index contributed by atoms with van der Waals surface area (Å²) in [6.45, 7) is -1.64. The Bertz CT molecular complexity index is 163. The summed E-state index contributed by atoms with van der Waals surface area (Å²) < 4.78 is 70.7. The number of nitrogens with zero attached hydrogens (tertiary/aromatic N) is 1. The van der Waals surface area contributed by atoms with E-state index in [9.17, 15) is 25.8 Å². The molecular formula is C2H4F6N2P2. The third-order valence-electron chi connectivity index (χ3n) is 0.573. The van der Waals surface area contributed by atoms with Crippen molar-refractivity contribution in [2.24, 2.45) is 4.52 Å². The van der Waals surface area contributed by atoms with Crippen molar-refractivity contribution < 1.29 is 25.8 Å². The van der Waals surface area contributed by atoms with Gasteiger partial charge in [-0.15, -0.1) is 0 Å². The monoisotopic (exact) mass is 232 g/mol. The predicted molar refractivity (Wildman–Crippen MR) is 35.0 cm³/mol. The van der Waals surface area contributed by atoms with Gasteiger partial charge >= 0.3 is 6.18 Å². The van der Waals surface area contributed by atoms with Crippen LogP contribution in [0.4, 0.5) is 25.8 Å². The molecule has 0 amide bonds. The predicted octanol–water partition coefficient (Wildman–Crippen LogP) is 3.50. The Kier molecular flexibility index (Phi) is 5.13. The van der Waals surface area contributed by atoms with E-state index in [2.05, 4.69) is 4.52 Å². The van der Waals surface area contributed by atoms with Gasteiger partial charge in [-0.3, -0.25) is 0 Å². The Morgan fingerprint density at radius 2 is 1.83 bits per heavy atom. The van der Waals surface area contributed by atoms with Crippen molar-refractivity contribution in [3.8, 4) is 0 Å². The fourth-order valence-corrected chi connectivity index (χ4v) is 1.38. The van der Waals surface area contributed by atoms with Crippen LogP contribution in [-0.4, -0.2) is 12.7 Å². The Hall–Kier alpha value is 0.200. The van der Waals surface area contributed by atoms with Gasteiger partial charge in [0.2, 0.25) is 0 Å². The molecule has 0 aliphatic carbocycles. The molecule has 0 heterocycles. The van der Waals surface area contributed by atoms with Crippen LogP contribution in [0.2, 0.25) is 0 Å². The molecule has 0 spiro atoms. The molecule has 12 heavy (non-hydrogen) atoms. The van der Waals surface area contributed by atoms with Crippen LogP contribution >= 0.6 is 16.9 Å². The summed E-state index contributed by atoms with van der Waals surface area (Å²) >= 11 is 0. The van der Waals surface area contributed by atoms with E-state index in [1.54, 1.807) is 0 Å². The average Bonchev–Trinajstić information content (AvgIpc) is 1.80. The fraction of sp³-hybridized carbons (Fsp3) is 1.00. The second kappa shape index (κ2) is 5.04. The number of hydrogen-bond donors (Lipinski definition) is 1. The Balaban J connectivity index is 3.73. The SMILES string of the molecule is FP(N=[PH](F)F)NCC(F)(F)F. The number of nitrogens with one attached hydrogen (secondary N) is 1. The summed E-state index contributed by atoms with van der Waals surface area (Å²) in [5.41, 5.74) is 0. The van der Waals surface area contributed by atoms with Gasteiger partial charge in [0, 0.05) is 0 Å². The van der Waals surface area contributed by atoms with Crippen LogP contribution in [0.25, 0.3) is 0 Å². The van der Waals surface area contributed by atoms with E-state index in [4.69, 9.17) is 0 Å². The molecule has 0 rings (SSSR count). The van der Waals surface area contributed by atoms with Crippen LogP contribution in [-0.2, 0) is 0 Å². The second-order valence-corrected chi connectivity index (χ2v) is 3.67. The molecule has 0 saturated heterocycles. The van der Waals surface area contributed by atoms with E-state index >= 15 is 0 Å². The van der Waals surface area contributed by atoms with Crippen molar-refractivity contribution in [3.63, 3.8) is 0 Å². The zero-order valence-electron chi connectivity index (χ0n) is 5.37. The Labute approximate surface area is 66.0 Å². The van der Waals surface area contributed by atoms with E-state index in [1.165, 1.54) is 5.09 Å². The van der Waals surface area contributed by atoms with Crippen molar-refractivity contribution in [2.45, 2.75) is 6.18 Å². The molecule has 0 aromatic carbocycles. The molecule has 0 bridgehead atoms. The number of rotatable bonds is 3. The molecule has 0 fully saturated rings. The summed E-state index contributed by atoms with van der Waals surface area (Å²) in [7, 11) is -7.39. The molecule has 1 unspecified atom stereocenters. The minimum Gasteiger partial charge on any atom is -0.242 e. The van der Waals surface area contributed by atoms with E-state index in [1.807, 2.05) is 0 Å². The summed E-state index contributed by atoms with van der Waals surface area (Å²) in [4.78, 5) is 0. The molecule has 10 heteroatoms. The van der Waals surface area contributed by atoms with Crippen molar-refractivity contribution in [2.75, 3.05) is 6.54 Å². The first kappa shape index (κ1) is 12.2. The van der Waals surface area contributed by atoms with Gasteiger partial charge in [-0.1, -0.05) is 0 Å². The van der Waals surface area contributed by atoms with Crippen molar-refractivity contribution in [3.05, 3.63) is 0 Å². The van der Waals surface area contributed by atoms with Gasteiger partial charge in [0.15, 0.2) is 0 Å². The molecule has 0 aliphatic rings. The zero-order valence-corrected chi connectivity index (χ0v) is 7.26. The van der Waals surface area contributed by atoms with Gasteiger partial charge in [-0.25, -0.2) is 5.09 Å². The molecule has 0 aliphatic heterocycles. The summed E-state index contributed by atoms with van der Waals surface area (Å²) in [6, 6.07) is 0. The maximum atomic E-state index is 12.0. The minimum atomic E-state index is -4.61.